The molecule has 4 rings (SSSR count). The van der Waals surface area contributed by atoms with Crippen LogP contribution in [0, 0.1) is 5.82 Å². The molecule has 0 saturated heterocycles. The zero-order chi connectivity index (χ0) is 26.9. The van der Waals surface area contributed by atoms with Crippen molar-refractivity contribution in [1.82, 2.24) is 10.2 Å². The van der Waals surface area contributed by atoms with Gasteiger partial charge in [0.1, 0.15) is 17.6 Å². The number of amides is 2. The summed E-state index contributed by atoms with van der Waals surface area (Å²) in [6.07, 6.45) is 4.46. The molecule has 200 valence electrons. The summed E-state index contributed by atoms with van der Waals surface area (Å²) in [5.41, 5.74) is 2.89. The normalized spacial score (nSPS) is 14.3. The van der Waals surface area contributed by atoms with Crippen molar-refractivity contribution < 1.29 is 18.7 Å². The first-order valence-electron chi connectivity index (χ1n) is 13.5. The number of hydrogen-bond donors (Lipinski definition) is 1. The average molecular weight is 517 g/mol. The highest BCUT2D eigenvalue weighted by atomic mass is 19.1. The van der Waals surface area contributed by atoms with E-state index in [2.05, 4.69) is 19.2 Å². The van der Waals surface area contributed by atoms with Gasteiger partial charge >= 0.3 is 0 Å². The predicted octanol–water partition coefficient (Wildman–Crippen LogP) is 6.03. The van der Waals surface area contributed by atoms with Crippen molar-refractivity contribution in [3.8, 4) is 5.75 Å². The van der Waals surface area contributed by atoms with Crippen molar-refractivity contribution in [3.63, 3.8) is 0 Å². The lowest BCUT2D eigenvalue weighted by atomic mass is 10.0. The first-order valence-corrected chi connectivity index (χ1v) is 13.5. The lowest BCUT2D eigenvalue weighted by Gasteiger charge is -2.32. The topological polar surface area (TPSA) is 58.6 Å². The summed E-state index contributed by atoms with van der Waals surface area (Å²) in [5.74, 6) is 0.176. The lowest BCUT2D eigenvalue weighted by molar-refractivity contribution is -0.143. The number of carbonyl (C=O) groups excluding carboxylic acids is 2. The molecule has 0 heterocycles. The van der Waals surface area contributed by atoms with Gasteiger partial charge in [0.15, 0.2) is 6.61 Å². The third kappa shape index (κ3) is 7.67. The van der Waals surface area contributed by atoms with Gasteiger partial charge in [-0.2, -0.15) is 0 Å². The summed E-state index contributed by atoms with van der Waals surface area (Å²) in [5, 5.41) is 3.19. The van der Waals surface area contributed by atoms with Gasteiger partial charge in [0.25, 0.3) is 5.91 Å². The number of nitrogens with one attached hydrogen (secondary N) is 1. The highest BCUT2D eigenvalue weighted by Gasteiger charge is 2.32. The van der Waals surface area contributed by atoms with Gasteiger partial charge in [-0.25, -0.2) is 4.39 Å². The Labute approximate surface area is 225 Å². The van der Waals surface area contributed by atoms with Crippen LogP contribution in [-0.4, -0.2) is 35.4 Å². The minimum absolute atomic E-state index is 0.124. The third-order valence-electron chi connectivity index (χ3n) is 7.15. The van der Waals surface area contributed by atoms with Crippen LogP contribution in [0.1, 0.15) is 62.1 Å². The maximum Gasteiger partial charge on any atom is 0.261 e. The molecule has 1 fully saturated rings. The van der Waals surface area contributed by atoms with Gasteiger partial charge in [-0.1, -0.05) is 81.3 Å². The lowest BCUT2D eigenvalue weighted by Crippen LogP contribution is -2.53. The Hall–Kier alpha value is -3.67. The van der Waals surface area contributed by atoms with E-state index in [-0.39, 0.29) is 36.8 Å². The van der Waals surface area contributed by atoms with Crippen molar-refractivity contribution in [2.75, 3.05) is 6.61 Å². The summed E-state index contributed by atoms with van der Waals surface area (Å²) in [7, 11) is 0. The molecule has 6 heteroatoms. The monoisotopic (exact) mass is 516 g/mol. The third-order valence-corrected chi connectivity index (χ3v) is 7.15. The summed E-state index contributed by atoms with van der Waals surface area (Å²) < 4.78 is 19.5. The Balaban J connectivity index is 1.58. The van der Waals surface area contributed by atoms with E-state index in [1.807, 2.05) is 54.6 Å². The van der Waals surface area contributed by atoms with Crippen molar-refractivity contribution in [2.24, 2.45) is 0 Å². The van der Waals surface area contributed by atoms with E-state index in [1.54, 1.807) is 17.0 Å². The van der Waals surface area contributed by atoms with Crippen LogP contribution in [0.15, 0.2) is 78.9 Å². The molecule has 0 aromatic heterocycles. The van der Waals surface area contributed by atoms with Crippen LogP contribution in [0.3, 0.4) is 0 Å². The highest BCUT2D eigenvalue weighted by Crippen LogP contribution is 2.21. The predicted molar refractivity (Wildman–Crippen MR) is 147 cm³/mol. The molecule has 0 spiro atoms. The van der Waals surface area contributed by atoms with E-state index in [0.29, 0.717) is 18.1 Å². The summed E-state index contributed by atoms with van der Waals surface area (Å²) >= 11 is 0. The van der Waals surface area contributed by atoms with E-state index in [9.17, 15) is 14.0 Å². The second-order valence-electron chi connectivity index (χ2n) is 10.4. The molecule has 1 N–H and O–H groups in total. The fraction of sp³-hybridized carbons (Fsp3) is 0.375. The van der Waals surface area contributed by atoms with Crippen molar-refractivity contribution in [2.45, 2.75) is 70.5 Å². The zero-order valence-corrected chi connectivity index (χ0v) is 22.2. The molecule has 2 amide bonds. The van der Waals surface area contributed by atoms with Crippen molar-refractivity contribution in [1.29, 1.82) is 0 Å². The number of carbonyl (C=O) groups is 2. The molecular formula is C32H37FN2O3. The maximum absolute atomic E-state index is 13.7. The number of halogens is 1. The van der Waals surface area contributed by atoms with Gasteiger partial charge in [-0.3, -0.25) is 9.59 Å². The molecular weight excluding hydrogens is 479 g/mol. The number of hydrogen-bond acceptors (Lipinski definition) is 3. The van der Waals surface area contributed by atoms with Crippen LogP contribution in [0.2, 0.25) is 0 Å². The van der Waals surface area contributed by atoms with Crippen LogP contribution < -0.4 is 10.1 Å². The second-order valence-corrected chi connectivity index (χ2v) is 10.4. The van der Waals surface area contributed by atoms with Gasteiger partial charge < -0.3 is 15.0 Å². The maximum atomic E-state index is 13.7. The fourth-order valence-corrected chi connectivity index (χ4v) is 4.88. The number of nitrogens with zero attached hydrogens (tertiary/aromatic N) is 1. The molecule has 1 saturated carbocycles. The highest BCUT2D eigenvalue weighted by molar-refractivity contribution is 5.88. The van der Waals surface area contributed by atoms with Crippen LogP contribution >= 0.6 is 0 Å². The van der Waals surface area contributed by atoms with E-state index in [0.717, 1.165) is 36.8 Å². The first-order chi connectivity index (χ1) is 18.4. The van der Waals surface area contributed by atoms with Gasteiger partial charge in [0.05, 0.1) is 0 Å². The summed E-state index contributed by atoms with van der Waals surface area (Å²) in [6.45, 7) is 4.21. The molecule has 1 aliphatic rings. The van der Waals surface area contributed by atoms with E-state index in [4.69, 9.17) is 4.74 Å². The Kier molecular flexibility index (Phi) is 9.52. The van der Waals surface area contributed by atoms with E-state index >= 15 is 0 Å². The summed E-state index contributed by atoms with van der Waals surface area (Å²) in [6, 6.07) is 22.8. The van der Waals surface area contributed by atoms with Crippen LogP contribution in [0.4, 0.5) is 4.39 Å². The van der Waals surface area contributed by atoms with Gasteiger partial charge in [0.2, 0.25) is 5.91 Å². The van der Waals surface area contributed by atoms with Gasteiger partial charge in [-0.05, 0) is 59.7 Å². The Morgan fingerprint density at radius 2 is 1.58 bits per heavy atom. The van der Waals surface area contributed by atoms with Gasteiger partial charge in [0, 0.05) is 19.0 Å². The Morgan fingerprint density at radius 3 is 2.21 bits per heavy atom. The quantitative estimate of drug-likeness (QED) is 0.339. The number of rotatable bonds is 11. The smallest absolute Gasteiger partial charge is 0.261 e. The van der Waals surface area contributed by atoms with E-state index < -0.39 is 6.04 Å². The molecule has 0 radical (unpaired) electrons. The van der Waals surface area contributed by atoms with Crippen LogP contribution in [-0.2, 0) is 22.6 Å². The van der Waals surface area contributed by atoms with Gasteiger partial charge in [-0.15, -0.1) is 0 Å². The molecule has 5 nitrogen and oxygen atoms in total. The standard InChI is InChI=1S/C32H37FN2O3/c1-23(2)26-14-18-29(19-15-26)38-22-31(36)35(21-25-12-16-27(33)17-13-25)30(20-24-8-4-3-5-9-24)32(37)34-28-10-6-7-11-28/h3-5,8-9,12-19,23,28,30H,6-7,10-11,20-22H2,1-2H3,(H,34,37)/t30-/m0/s1. The molecule has 0 bridgehead atoms. The molecule has 3 aromatic carbocycles. The number of ether oxygens (including phenoxy) is 1. The Bertz CT molecular complexity index is 1170. The molecule has 0 aliphatic heterocycles. The second kappa shape index (κ2) is 13.2. The molecule has 0 unspecified atom stereocenters. The largest absolute Gasteiger partial charge is 0.484 e. The molecule has 1 atom stereocenters. The first kappa shape index (κ1) is 27.4. The Morgan fingerprint density at radius 1 is 0.921 bits per heavy atom. The minimum Gasteiger partial charge on any atom is -0.484 e. The number of benzene rings is 3. The molecule has 3 aromatic rings. The molecule has 38 heavy (non-hydrogen) atoms. The molecule has 1 aliphatic carbocycles. The average Bonchev–Trinajstić information content (AvgIpc) is 3.44. The SMILES string of the molecule is CC(C)c1ccc(OCC(=O)N(Cc2ccc(F)cc2)[C@@H](Cc2ccccc2)C(=O)NC2CCCC2)cc1. The van der Waals surface area contributed by atoms with Crippen molar-refractivity contribution >= 4 is 11.8 Å². The van der Waals surface area contributed by atoms with Crippen molar-refractivity contribution in [3.05, 3.63) is 101 Å². The fourth-order valence-electron chi connectivity index (χ4n) is 4.88. The minimum atomic E-state index is -0.734. The van der Waals surface area contributed by atoms with E-state index in [1.165, 1.54) is 17.7 Å². The zero-order valence-electron chi connectivity index (χ0n) is 22.2. The van der Waals surface area contributed by atoms with Crippen LogP contribution in [0.5, 0.6) is 5.75 Å². The summed E-state index contributed by atoms with van der Waals surface area (Å²) in [4.78, 5) is 28.9. The van der Waals surface area contributed by atoms with Crippen LogP contribution in [0.25, 0.3) is 0 Å².